The first kappa shape index (κ1) is 20.9. The molecule has 3 unspecified atom stereocenters. The van der Waals surface area contributed by atoms with Crippen LogP contribution in [0.1, 0.15) is 52.4 Å². The molecular formula is C17H32ClN3O3S. The molecule has 1 aliphatic carbocycles. The van der Waals surface area contributed by atoms with Crippen molar-refractivity contribution in [1.29, 1.82) is 0 Å². The van der Waals surface area contributed by atoms with E-state index in [0.29, 0.717) is 26.1 Å². The summed E-state index contributed by atoms with van der Waals surface area (Å²) in [6.07, 6.45) is 5.66. The lowest BCUT2D eigenvalue weighted by Crippen LogP contribution is -2.59. The molecule has 25 heavy (non-hydrogen) atoms. The predicted octanol–water partition coefficient (Wildman–Crippen LogP) is 1.60. The van der Waals surface area contributed by atoms with E-state index in [2.05, 4.69) is 5.32 Å². The van der Waals surface area contributed by atoms with Crippen LogP contribution in [0.5, 0.6) is 0 Å². The summed E-state index contributed by atoms with van der Waals surface area (Å²) in [6.45, 7) is 6.20. The third-order valence-electron chi connectivity index (χ3n) is 5.70. The fourth-order valence-electron chi connectivity index (χ4n) is 4.51. The second-order valence-corrected chi connectivity index (χ2v) is 10.1. The van der Waals surface area contributed by atoms with Crippen molar-refractivity contribution in [3.8, 4) is 0 Å². The molecule has 0 bridgehead atoms. The van der Waals surface area contributed by atoms with E-state index in [1.807, 2.05) is 18.7 Å². The first-order valence-corrected chi connectivity index (χ1v) is 10.9. The third-order valence-corrected chi connectivity index (χ3v) is 7.94. The highest BCUT2D eigenvalue weighted by Gasteiger charge is 2.40. The van der Waals surface area contributed by atoms with Crippen molar-refractivity contribution < 1.29 is 13.2 Å². The number of rotatable bonds is 3. The summed E-state index contributed by atoms with van der Waals surface area (Å²) in [5, 5.41) is 2.94. The molecule has 1 amide bonds. The van der Waals surface area contributed by atoms with E-state index in [-0.39, 0.29) is 36.3 Å². The Balaban J connectivity index is 0.00000225. The van der Waals surface area contributed by atoms with Gasteiger partial charge in [-0.05, 0) is 39.5 Å². The fraction of sp³-hybridized carbons (Fsp3) is 0.941. The number of amides is 1. The van der Waals surface area contributed by atoms with Crippen molar-refractivity contribution in [3.05, 3.63) is 0 Å². The molecule has 0 aromatic carbocycles. The number of likely N-dealkylation sites (tertiary alicyclic amines) is 1. The van der Waals surface area contributed by atoms with Crippen molar-refractivity contribution in [1.82, 2.24) is 14.5 Å². The minimum atomic E-state index is -3.34. The Morgan fingerprint density at radius 2 is 1.56 bits per heavy atom. The van der Waals surface area contributed by atoms with Crippen molar-refractivity contribution in [2.75, 3.05) is 26.2 Å². The van der Waals surface area contributed by atoms with E-state index in [0.717, 1.165) is 38.6 Å². The average Bonchev–Trinajstić information content (AvgIpc) is 3.08. The molecule has 3 rings (SSSR count). The quantitative estimate of drug-likeness (QED) is 0.790. The van der Waals surface area contributed by atoms with Crippen LogP contribution in [0.15, 0.2) is 0 Å². The largest absolute Gasteiger partial charge is 0.341 e. The minimum absolute atomic E-state index is 0. The Kier molecular flexibility index (Phi) is 7.16. The number of halogens is 1. The van der Waals surface area contributed by atoms with E-state index in [4.69, 9.17) is 0 Å². The molecule has 146 valence electrons. The summed E-state index contributed by atoms with van der Waals surface area (Å²) < 4.78 is 27.8. The van der Waals surface area contributed by atoms with Crippen molar-refractivity contribution >= 4 is 28.3 Å². The first-order chi connectivity index (χ1) is 11.4. The normalized spacial score (nSPS) is 32.4. The number of hydrogen-bond donors (Lipinski definition) is 1. The molecule has 1 saturated carbocycles. The maximum absolute atomic E-state index is 13.1. The van der Waals surface area contributed by atoms with Gasteiger partial charge in [-0.2, -0.15) is 4.31 Å². The Morgan fingerprint density at radius 3 is 2.16 bits per heavy atom. The summed E-state index contributed by atoms with van der Waals surface area (Å²) in [5.74, 6) is 0.320. The number of piperazine rings is 1. The molecule has 0 radical (unpaired) electrons. The zero-order chi connectivity index (χ0) is 17.3. The SMILES string of the molecule is CC1CN(S(=O)(=O)C2CCCN(C(=O)C3CCCC3)C2)CC(C)N1.Cl. The molecular weight excluding hydrogens is 362 g/mol. The first-order valence-electron chi connectivity index (χ1n) is 9.41. The van der Waals surface area contributed by atoms with Crippen LogP contribution in [0.25, 0.3) is 0 Å². The maximum Gasteiger partial charge on any atom is 0.225 e. The standard InChI is InChI=1S/C17H31N3O3S.ClH/c1-13-10-20(11-14(2)18-13)24(22,23)16-8-5-9-19(12-16)17(21)15-6-3-4-7-15;/h13-16,18H,3-12H2,1-2H3;1H. The molecule has 2 saturated heterocycles. The third kappa shape index (κ3) is 4.67. The van der Waals surface area contributed by atoms with E-state index < -0.39 is 15.3 Å². The van der Waals surface area contributed by atoms with Crippen LogP contribution in [0.2, 0.25) is 0 Å². The smallest absolute Gasteiger partial charge is 0.225 e. The molecule has 1 N–H and O–H groups in total. The van der Waals surface area contributed by atoms with Crippen molar-refractivity contribution in [2.45, 2.75) is 69.7 Å². The van der Waals surface area contributed by atoms with Gasteiger partial charge >= 0.3 is 0 Å². The van der Waals surface area contributed by atoms with Crippen molar-refractivity contribution in [2.24, 2.45) is 5.92 Å². The van der Waals surface area contributed by atoms with E-state index in [1.165, 1.54) is 0 Å². The zero-order valence-corrected chi connectivity index (χ0v) is 16.9. The second kappa shape index (κ2) is 8.55. The van der Waals surface area contributed by atoms with Gasteiger partial charge in [-0.1, -0.05) is 12.8 Å². The average molecular weight is 394 g/mol. The van der Waals surface area contributed by atoms with Gasteiger partial charge in [0, 0.05) is 44.2 Å². The predicted molar refractivity (Wildman–Crippen MR) is 101 cm³/mol. The number of sulfonamides is 1. The van der Waals surface area contributed by atoms with Crippen LogP contribution in [0.4, 0.5) is 0 Å². The molecule has 3 fully saturated rings. The Hall–Kier alpha value is -0.370. The van der Waals surface area contributed by atoms with Gasteiger partial charge in [-0.3, -0.25) is 4.79 Å². The molecule has 8 heteroatoms. The monoisotopic (exact) mass is 393 g/mol. The van der Waals surface area contributed by atoms with Crippen LogP contribution < -0.4 is 5.32 Å². The van der Waals surface area contributed by atoms with Gasteiger partial charge in [0.1, 0.15) is 0 Å². The molecule has 3 aliphatic rings. The van der Waals surface area contributed by atoms with Gasteiger partial charge in [-0.15, -0.1) is 12.4 Å². The number of carbonyl (C=O) groups excluding carboxylic acids is 1. The number of piperidine rings is 1. The van der Waals surface area contributed by atoms with Gasteiger partial charge in [0.05, 0.1) is 5.25 Å². The van der Waals surface area contributed by atoms with Gasteiger partial charge in [0.25, 0.3) is 0 Å². The molecule has 0 aromatic heterocycles. The van der Waals surface area contributed by atoms with Crippen LogP contribution in [0, 0.1) is 5.92 Å². The summed E-state index contributed by atoms with van der Waals surface area (Å²) >= 11 is 0. The van der Waals surface area contributed by atoms with E-state index >= 15 is 0 Å². The van der Waals surface area contributed by atoms with Gasteiger partial charge in [0.2, 0.25) is 15.9 Å². The van der Waals surface area contributed by atoms with Crippen LogP contribution in [-0.2, 0) is 14.8 Å². The number of nitrogens with zero attached hydrogens (tertiary/aromatic N) is 2. The lowest BCUT2D eigenvalue weighted by molar-refractivity contribution is -0.136. The highest BCUT2D eigenvalue weighted by molar-refractivity contribution is 7.89. The second-order valence-electron chi connectivity index (χ2n) is 7.86. The summed E-state index contributed by atoms with van der Waals surface area (Å²) in [5.41, 5.74) is 0. The Labute approximate surface area is 158 Å². The molecule has 2 heterocycles. The Bertz CT molecular complexity index is 555. The number of carbonyl (C=O) groups is 1. The molecule has 0 aromatic rings. The van der Waals surface area contributed by atoms with Crippen LogP contribution >= 0.6 is 12.4 Å². The Morgan fingerprint density at radius 1 is 0.960 bits per heavy atom. The summed E-state index contributed by atoms with van der Waals surface area (Å²) in [6, 6.07) is 0.340. The highest BCUT2D eigenvalue weighted by atomic mass is 35.5. The van der Waals surface area contributed by atoms with Gasteiger partial charge < -0.3 is 10.2 Å². The summed E-state index contributed by atoms with van der Waals surface area (Å²) in [4.78, 5) is 14.5. The molecule has 3 atom stereocenters. The lowest BCUT2D eigenvalue weighted by atomic mass is 10.0. The topological polar surface area (TPSA) is 69.7 Å². The van der Waals surface area contributed by atoms with E-state index in [1.54, 1.807) is 4.31 Å². The number of nitrogens with one attached hydrogen (secondary N) is 1. The molecule has 6 nitrogen and oxygen atoms in total. The van der Waals surface area contributed by atoms with Crippen molar-refractivity contribution in [3.63, 3.8) is 0 Å². The van der Waals surface area contributed by atoms with Crippen LogP contribution in [-0.4, -0.2) is 67.0 Å². The molecule has 0 spiro atoms. The fourth-order valence-corrected chi connectivity index (χ4v) is 6.62. The zero-order valence-electron chi connectivity index (χ0n) is 15.3. The van der Waals surface area contributed by atoms with Gasteiger partial charge in [-0.25, -0.2) is 8.42 Å². The van der Waals surface area contributed by atoms with Crippen LogP contribution in [0.3, 0.4) is 0 Å². The summed E-state index contributed by atoms with van der Waals surface area (Å²) in [7, 11) is -3.34. The number of hydrogen-bond acceptors (Lipinski definition) is 4. The maximum atomic E-state index is 13.1. The highest BCUT2D eigenvalue weighted by Crippen LogP contribution is 2.29. The van der Waals surface area contributed by atoms with Gasteiger partial charge in [0.15, 0.2) is 0 Å². The minimum Gasteiger partial charge on any atom is -0.341 e. The van der Waals surface area contributed by atoms with E-state index in [9.17, 15) is 13.2 Å². The lowest BCUT2D eigenvalue weighted by Gasteiger charge is -2.40. The molecule has 2 aliphatic heterocycles.